The first kappa shape index (κ1) is 31.5. The molecule has 2 saturated heterocycles. The number of amides is 1. The Kier molecular flexibility index (Phi) is 9.87. The van der Waals surface area contributed by atoms with E-state index in [9.17, 15) is 22.0 Å². The summed E-state index contributed by atoms with van der Waals surface area (Å²) in [7, 11) is -2.13. The Labute approximate surface area is 255 Å². The summed E-state index contributed by atoms with van der Waals surface area (Å²) in [5.41, 5.74) is 2.43. The van der Waals surface area contributed by atoms with Crippen molar-refractivity contribution in [2.45, 2.75) is 36.6 Å². The molecular weight excluding hydrogens is 588 g/mol. The first-order valence-electron chi connectivity index (χ1n) is 14.5. The van der Waals surface area contributed by atoms with Gasteiger partial charge in [0.2, 0.25) is 21.9 Å². The van der Waals surface area contributed by atoms with Crippen molar-refractivity contribution < 1.29 is 22.0 Å². The molecule has 1 amide bonds. The van der Waals surface area contributed by atoms with Crippen LogP contribution in [-0.4, -0.2) is 79.2 Å². The normalized spacial score (nSPS) is 19.2. The summed E-state index contributed by atoms with van der Waals surface area (Å²) in [5.74, 6) is -2.09. The number of sulfonamides is 1. The predicted octanol–water partition coefficient (Wildman–Crippen LogP) is 3.93. The molecule has 1 aromatic heterocycles. The van der Waals surface area contributed by atoms with Gasteiger partial charge < -0.3 is 10.3 Å². The monoisotopic (exact) mass is 623 g/mol. The Bertz CT molecular complexity index is 1590. The molecule has 3 aromatic rings. The van der Waals surface area contributed by atoms with Crippen molar-refractivity contribution in [2.75, 3.05) is 33.2 Å². The minimum Gasteiger partial charge on any atom is -0.341 e. The first-order chi connectivity index (χ1) is 21.2. The third kappa shape index (κ3) is 7.40. The average molecular weight is 624 g/mol. The van der Waals surface area contributed by atoms with Crippen molar-refractivity contribution in [3.63, 3.8) is 0 Å². The minimum atomic E-state index is -3.51. The number of carbonyl (C=O) groups excluding carboxylic acids is 1. The first-order valence-corrected chi connectivity index (χ1v) is 16.0. The van der Waals surface area contributed by atoms with Gasteiger partial charge in [-0.1, -0.05) is 24.3 Å². The molecule has 0 aliphatic carbocycles. The molecule has 0 radical (unpaired) electrons. The molecule has 2 fully saturated rings. The fraction of sp³-hybridized carbons (Fsp3) is 0.387. The standard InChI is InChI=1S/C31H35F2N7O3S/c1-35-44(42,43)27-8-2-21(3-9-27)19-39-13-10-23(11-14-39)29(38-31-36-17-26(33)18-37-31)28(16-34)30(41)40-15-12-24(20-40)22-4-6-25(32)7-5-22/h2-9,16-18,23-24,28,34-35H,10-15,19-20H2,1H3. The molecule has 0 bridgehead atoms. The van der Waals surface area contributed by atoms with Crippen LogP contribution in [0.4, 0.5) is 14.7 Å². The molecule has 2 N–H and O–H groups in total. The van der Waals surface area contributed by atoms with Crippen molar-refractivity contribution in [1.82, 2.24) is 24.5 Å². The summed E-state index contributed by atoms with van der Waals surface area (Å²) in [4.78, 5) is 30.6. The Morgan fingerprint density at radius 1 is 1.02 bits per heavy atom. The summed E-state index contributed by atoms with van der Waals surface area (Å²) in [6.07, 6.45) is 5.23. The van der Waals surface area contributed by atoms with E-state index in [1.165, 1.54) is 19.2 Å². The molecule has 2 aromatic carbocycles. The van der Waals surface area contributed by atoms with Gasteiger partial charge in [0.25, 0.3) is 0 Å². The molecule has 3 heterocycles. The van der Waals surface area contributed by atoms with Gasteiger partial charge in [0, 0.05) is 43.4 Å². The number of carbonyl (C=O) groups is 1. The van der Waals surface area contributed by atoms with E-state index in [1.807, 2.05) is 0 Å². The van der Waals surface area contributed by atoms with Crippen molar-refractivity contribution in [3.05, 3.63) is 83.7 Å². The van der Waals surface area contributed by atoms with E-state index in [2.05, 4.69) is 24.6 Å². The second-order valence-corrected chi connectivity index (χ2v) is 13.0. The van der Waals surface area contributed by atoms with Gasteiger partial charge in [-0.05, 0) is 74.8 Å². The number of hydrogen-bond acceptors (Lipinski definition) is 8. The zero-order valence-electron chi connectivity index (χ0n) is 24.4. The molecule has 0 spiro atoms. The number of halogens is 2. The van der Waals surface area contributed by atoms with Gasteiger partial charge in [-0.15, -0.1) is 0 Å². The fourth-order valence-corrected chi connectivity index (χ4v) is 6.61. The van der Waals surface area contributed by atoms with Crippen LogP contribution in [0.2, 0.25) is 0 Å². The van der Waals surface area contributed by atoms with E-state index >= 15 is 0 Å². The summed E-state index contributed by atoms with van der Waals surface area (Å²) in [6, 6.07) is 13.1. The molecule has 2 atom stereocenters. The Balaban J connectivity index is 1.30. The fourth-order valence-electron chi connectivity index (χ4n) is 5.88. The quantitative estimate of drug-likeness (QED) is 0.329. The maximum Gasteiger partial charge on any atom is 0.249 e. The number of hydrogen-bond donors (Lipinski definition) is 2. The minimum absolute atomic E-state index is 0.0331. The average Bonchev–Trinajstić information content (AvgIpc) is 3.53. The lowest BCUT2D eigenvalue weighted by Crippen LogP contribution is -2.44. The lowest BCUT2D eigenvalue weighted by atomic mass is 9.84. The Hall–Kier alpha value is -3.94. The lowest BCUT2D eigenvalue weighted by molar-refractivity contribution is -0.130. The summed E-state index contributed by atoms with van der Waals surface area (Å²) < 4.78 is 53.4. The molecule has 2 aliphatic heterocycles. The van der Waals surface area contributed by atoms with Gasteiger partial charge in [0.15, 0.2) is 5.82 Å². The molecule has 44 heavy (non-hydrogen) atoms. The summed E-state index contributed by atoms with van der Waals surface area (Å²) in [5, 5.41) is 8.25. The molecule has 2 unspecified atom stereocenters. The third-order valence-electron chi connectivity index (χ3n) is 8.34. The maximum absolute atomic E-state index is 13.8. The molecule has 5 rings (SSSR count). The number of nitrogens with one attached hydrogen (secondary N) is 2. The van der Waals surface area contributed by atoms with Crippen LogP contribution < -0.4 is 4.72 Å². The lowest BCUT2D eigenvalue weighted by Gasteiger charge is -2.34. The van der Waals surface area contributed by atoms with Crippen LogP contribution in [0.25, 0.3) is 0 Å². The predicted molar refractivity (Wildman–Crippen MR) is 162 cm³/mol. The van der Waals surface area contributed by atoms with E-state index in [0.29, 0.717) is 51.3 Å². The number of likely N-dealkylation sites (tertiary alicyclic amines) is 2. The maximum atomic E-state index is 13.8. The van der Waals surface area contributed by atoms with E-state index in [4.69, 9.17) is 5.41 Å². The van der Waals surface area contributed by atoms with E-state index < -0.39 is 21.8 Å². The number of rotatable bonds is 10. The number of benzene rings is 2. The second-order valence-electron chi connectivity index (χ2n) is 11.1. The molecular formula is C31H35F2N7O3S. The van der Waals surface area contributed by atoms with Gasteiger partial charge in [-0.25, -0.2) is 36.9 Å². The molecule has 232 valence electrons. The highest BCUT2D eigenvalue weighted by Gasteiger charge is 2.37. The van der Waals surface area contributed by atoms with E-state index in [-0.39, 0.29) is 34.4 Å². The van der Waals surface area contributed by atoms with Gasteiger partial charge in [0.1, 0.15) is 11.7 Å². The number of aliphatic imine (C=N–C) groups is 1. The van der Waals surface area contributed by atoms with Crippen LogP contribution in [0, 0.1) is 28.9 Å². The van der Waals surface area contributed by atoms with Gasteiger partial charge in [-0.2, -0.15) is 0 Å². The summed E-state index contributed by atoms with van der Waals surface area (Å²) in [6.45, 7) is 2.99. The molecule has 13 heteroatoms. The zero-order valence-corrected chi connectivity index (χ0v) is 25.2. The van der Waals surface area contributed by atoms with Crippen LogP contribution in [0.15, 0.2) is 70.8 Å². The highest BCUT2D eigenvalue weighted by molar-refractivity contribution is 7.89. The third-order valence-corrected chi connectivity index (χ3v) is 9.77. The van der Waals surface area contributed by atoms with Crippen LogP contribution in [-0.2, 0) is 21.4 Å². The SMILES string of the molecule is CNS(=O)(=O)c1ccc(CN2CCC(C(=Nc3ncc(F)cn3)C(C=N)C(=O)N3CCC(c4ccc(F)cc4)C3)CC2)cc1. The van der Waals surface area contributed by atoms with Gasteiger partial charge >= 0.3 is 0 Å². The molecule has 10 nitrogen and oxygen atoms in total. The van der Waals surface area contributed by atoms with Crippen LogP contribution in [0.3, 0.4) is 0 Å². The molecule has 0 saturated carbocycles. The van der Waals surface area contributed by atoms with Crippen LogP contribution in [0.5, 0.6) is 0 Å². The second kappa shape index (κ2) is 13.8. The Morgan fingerprint density at radius 2 is 1.68 bits per heavy atom. The topological polar surface area (TPSA) is 132 Å². The number of aromatic nitrogens is 2. The van der Waals surface area contributed by atoms with Crippen LogP contribution in [0.1, 0.15) is 36.3 Å². The zero-order chi connectivity index (χ0) is 31.3. The van der Waals surface area contributed by atoms with Crippen LogP contribution >= 0.6 is 0 Å². The molecule has 2 aliphatic rings. The van der Waals surface area contributed by atoms with Gasteiger partial charge in [0.05, 0.1) is 17.3 Å². The largest absolute Gasteiger partial charge is 0.341 e. The van der Waals surface area contributed by atoms with E-state index in [0.717, 1.165) is 36.2 Å². The number of piperidine rings is 1. The highest BCUT2D eigenvalue weighted by Crippen LogP contribution is 2.31. The van der Waals surface area contributed by atoms with E-state index in [1.54, 1.807) is 41.3 Å². The van der Waals surface area contributed by atoms with Crippen molar-refractivity contribution in [2.24, 2.45) is 16.8 Å². The summed E-state index contributed by atoms with van der Waals surface area (Å²) >= 11 is 0. The van der Waals surface area contributed by atoms with Crippen molar-refractivity contribution in [1.29, 1.82) is 5.41 Å². The number of nitrogens with zero attached hydrogens (tertiary/aromatic N) is 5. The van der Waals surface area contributed by atoms with Crippen molar-refractivity contribution >= 4 is 33.8 Å². The Morgan fingerprint density at radius 3 is 2.30 bits per heavy atom. The van der Waals surface area contributed by atoms with Gasteiger partial charge in [-0.3, -0.25) is 9.69 Å². The highest BCUT2D eigenvalue weighted by atomic mass is 32.2. The van der Waals surface area contributed by atoms with Crippen molar-refractivity contribution in [3.8, 4) is 0 Å². The smallest absolute Gasteiger partial charge is 0.249 e.